The van der Waals surface area contributed by atoms with Gasteiger partial charge in [0.15, 0.2) is 5.82 Å². The molecule has 170 valence electrons. The Kier molecular flexibility index (Phi) is 7.31. The Morgan fingerprint density at radius 3 is 2.55 bits per heavy atom. The predicted molar refractivity (Wildman–Crippen MR) is 132 cm³/mol. The summed E-state index contributed by atoms with van der Waals surface area (Å²) in [5.41, 5.74) is 3.12. The van der Waals surface area contributed by atoms with Gasteiger partial charge in [-0.25, -0.2) is 4.68 Å². The number of nitrogen functional groups attached to an aromatic ring is 1. The molecule has 33 heavy (non-hydrogen) atoms. The zero-order chi connectivity index (χ0) is 23.2. The zero-order valence-electron chi connectivity index (χ0n) is 18.4. The highest BCUT2D eigenvalue weighted by molar-refractivity contribution is 7.99. The van der Waals surface area contributed by atoms with Crippen molar-refractivity contribution in [1.82, 2.24) is 20.2 Å². The molecule has 4 aromatic rings. The average Bonchev–Trinajstić information content (AvgIpc) is 3.47. The maximum Gasteiger partial charge on any atom is 0.231 e. The summed E-state index contributed by atoms with van der Waals surface area (Å²) in [7, 11) is 0. The Morgan fingerprint density at radius 2 is 1.85 bits per heavy atom. The van der Waals surface area contributed by atoms with Gasteiger partial charge in [-0.15, -0.1) is 21.5 Å². The quantitative estimate of drug-likeness (QED) is 0.275. The summed E-state index contributed by atoms with van der Waals surface area (Å²) in [5, 5.41) is 13.8. The molecule has 9 heteroatoms. The first-order valence-electron chi connectivity index (χ1n) is 10.4. The second kappa shape index (κ2) is 10.5. The lowest BCUT2D eigenvalue weighted by atomic mass is 10.1. The molecule has 0 radical (unpaired) electrons. The van der Waals surface area contributed by atoms with E-state index < -0.39 is 0 Å². The third kappa shape index (κ3) is 5.55. The fourth-order valence-corrected chi connectivity index (χ4v) is 4.91. The van der Waals surface area contributed by atoms with Crippen LogP contribution < -0.4 is 15.9 Å². The topological polar surface area (TPSA) is 95.1 Å². The molecule has 0 fully saturated rings. The number of thiophene rings is 1. The highest BCUT2D eigenvalue weighted by Gasteiger charge is 2.19. The summed E-state index contributed by atoms with van der Waals surface area (Å²) in [4.78, 5) is 13.8. The van der Waals surface area contributed by atoms with E-state index in [0.29, 0.717) is 11.0 Å². The Labute approximate surface area is 201 Å². The largest absolute Gasteiger partial charge is 0.485 e. The van der Waals surface area contributed by atoms with Crippen molar-refractivity contribution in [3.05, 3.63) is 93.4 Å². The summed E-state index contributed by atoms with van der Waals surface area (Å²) in [6, 6.07) is 19.7. The monoisotopic (exact) mass is 479 g/mol. The van der Waals surface area contributed by atoms with Crippen LogP contribution in [0.15, 0.2) is 71.2 Å². The first kappa shape index (κ1) is 22.9. The number of benzene rings is 2. The number of nitrogens with zero attached hydrogens (tertiary/aromatic N) is 3. The standard InChI is InChI=1S/C24H25N5O2S2/c1-16-8-6-9-17(2)23(16)31-14-20-27-28-24(29(20)25)33-15-21(30)26-22(19-12-7-13-32-19)18-10-4-3-5-11-18/h3-13,22H,14-15,25H2,1-2H3,(H,26,30). The molecule has 0 aliphatic rings. The molecule has 1 atom stereocenters. The third-order valence-corrected chi connectivity index (χ3v) is 6.97. The normalized spacial score (nSPS) is 11.8. The van der Waals surface area contributed by atoms with E-state index in [2.05, 4.69) is 15.5 Å². The number of ether oxygens (including phenoxy) is 1. The van der Waals surface area contributed by atoms with Crippen LogP contribution in [0.2, 0.25) is 0 Å². The van der Waals surface area contributed by atoms with Crippen LogP contribution in [0.25, 0.3) is 0 Å². The van der Waals surface area contributed by atoms with Gasteiger partial charge in [0.1, 0.15) is 12.4 Å². The fourth-order valence-electron chi connectivity index (χ4n) is 3.42. The van der Waals surface area contributed by atoms with Crippen molar-refractivity contribution in [2.75, 3.05) is 11.6 Å². The number of hydrogen-bond donors (Lipinski definition) is 2. The van der Waals surface area contributed by atoms with Gasteiger partial charge in [-0.1, -0.05) is 66.4 Å². The highest BCUT2D eigenvalue weighted by atomic mass is 32.2. The molecular formula is C24H25N5O2S2. The molecule has 0 spiro atoms. The minimum Gasteiger partial charge on any atom is -0.485 e. The van der Waals surface area contributed by atoms with Crippen molar-refractivity contribution >= 4 is 29.0 Å². The van der Waals surface area contributed by atoms with Crippen LogP contribution in [0, 0.1) is 13.8 Å². The summed E-state index contributed by atoms with van der Waals surface area (Å²) in [5.74, 6) is 7.52. The lowest BCUT2D eigenvalue weighted by Gasteiger charge is -2.18. The fraction of sp³-hybridized carbons (Fsp3) is 0.208. The van der Waals surface area contributed by atoms with Crippen LogP contribution >= 0.6 is 23.1 Å². The van der Waals surface area contributed by atoms with E-state index in [0.717, 1.165) is 27.3 Å². The zero-order valence-corrected chi connectivity index (χ0v) is 20.0. The predicted octanol–water partition coefficient (Wildman–Crippen LogP) is 4.25. The molecule has 2 aromatic heterocycles. The number of nitrogens with one attached hydrogen (secondary N) is 1. The molecule has 0 saturated heterocycles. The van der Waals surface area contributed by atoms with Gasteiger partial charge in [-0.05, 0) is 42.0 Å². The molecule has 0 aliphatic heterocycles. The smallest absolute Gasteiger partial charge is 0.231 e. The van der Waals surface area contributed by atoms with Gasteiger partial charge in [-0.2, -0.15) is 0 Å². The van der Waals surface area contributed by atoms with Gasteiger partial charge in [0.25, 0.3) is 0 Å². The number of thioether (sulfide) groups is 1. The first-order valence-corrected chi connectivity index (χ1v) is 12.3. The van der Waals surface area contributed by atoms with E-state index in [-0.39, 0.29) is 24.3 Å². The molecule has 0 bridgehead atoms. The van der Waals surface area contributed by atoms with Crippen LogP contribution in [0.5, 0.6) is 5.75 Å². The second-order valence-electron chi connectivity index (χ2n) is 7.49. The third-order valence-electron chi connectivity index (χ3n) is 5.09. The number of rotatable bonds is 9. The molecule has 4 rings (SSSR count). The highest BCUT2D eigenvalue weighted by Crippen LogP contribution is 2.27. The van der Waals surface area contributed by atoms with Crippen molar-refractivity contribution in [2.24, 2.45) is 0 Å². The number of amides is 1. The van der Waals surface area contributed by atoms with Crippen LogP contribution in [0.3, 0.4) is 0 Å². The van der Waals surface area contributed by atoms with Gasteiger partial charge >= 0.3 is 0 Å². The van der Waals surface area contributed by atoms with Crippen LogP contribution in [-0.4, -0.2) is 26.5 Å². The minimum absolute atomic E-state index is 0.112. The average molecular weight is 480 g/mol. The number of para-hydroxylation sites is 1. The number of hydrogen-bond acceptors (Lipinski definition) is 7. The number of carbonyl (C=O) groups excluding carboxylic acids is 1. The summed E-state index contributed by atoms with van der Waals surface area (Å²) in [6.07, 6.45) is 0. The molecule has 3 N–H and O–H groups in total. The summed E-state index contributed by atoms with van der Waals surface area (Å²) >= 11 is 2.85. The maximum absolute atomic E-state index is 12.7. The lowest BCUT2D eigenvalue weighted by Crippen LogP contribution is -2.30. The number of aryl methyl sites for hydroxylation is 2. The second-order valence-corrected chi connectivity index (χ2v) is 9.42. The number of aromatic nitrogens is 3. The van der Waals surface area contributed by atoms with Gasteiger partial charge in [0, 0.05) is 4.88 Å². The molecular weight excluding hydrogens is 454 g/mol. The molecule has 7 nitrogen and oxygen atoms in total. The Morgan fingerprint density at radius 1 is 1.09 bits per heavy atom. The SMILES string of the molecule is Cc1cccc(C)c1OCc1nnc(SCC(=O)NC(c2ccccc2)c2cccs2)n1N. The molecule has 0 aliphatic carbocycles. The number of nitrogens with two attached hydrogens (primary N) is 1. The van der Waals surface area contributed by atoms with Crippen molar-refractivity contribution in [1.29, 1.82) is 0 Å². The van der Waals surface area contributed by atoms with E-state index in [4.69, 9.17) is 10.6 Å². The van der Waals surface area contributed by atoms with Crippen LogP contribution in [0.1, 0.15) is 33.4 Å². The van der Waals surface area contributed by atoms with E-state index in [1.165, 1.54) is 16.4 Å². The Balaban J connectivity index is 1.37. The summed E-state index contributed by atoms with van der Waals surface area (Å²) in [6.45, 7) is 4.18. The van der Waals surface area contributed by atoms with Crippen molar-refractivity contribution in [3.8, 4) is 5.75 Å². The molecule has 2 heterocycles. The lowest BCUT2D eigenvalue weighted by molar-refractivity contribution is -0.119. The Hall–Kier alpha value is -3.30. The van der Waals surface area contributed by atoms with Crippen LogP contribution in [0.4, 0.5) is 0 Å². The molecule has 2 aromatic carbocycles. The van der Waals surface area contributed by atoms with E-state index in [9.17, 15) is 4.79 Å². The van der Waals surface area contributed by atoms with Crippen LogP contribution in [-0.2, 0) is 11.4 Å². The molecule has 1 amide bonds. The van der Waals surface area contributed by atoms with Gasteiger partial charge < -0.3 is 15.9 Å². The summed E-state index contributed by atoms with van der Waals surface area (Å²) < 4.78 is 7.30. The van der Waals surface area contributed by atoms with Crippen molar-refractivity contribution in [2.45, 2.75) is 31.7 Å². The molecule has 0 saturated carbocycles. The Bertz CT molecular complexity index is 1190. The van der Waals surface area contributed by atoms with Gasteiger partial charge in [0.2, 0.25) is 11.1 Å². The number of carbonyl (C=O) groups is 1. The van der Waals surface area contributed by atoms with E-state index >= 15 is 0 Å². The van der Waals surface area contributed by atoms with E-state index in [1.807, 2.05) is 79.9 Å². The van der Waals surface area contributed by atoms with Crippen molar-refractivity contribution < 1.29 is 9.53 Å². The first-order chi connectivity index (χ1) is 16.0. The minimum atomic E-state index is -0.198. The van der Waals surface area contributed by atoms with Gasteiger partial charge in [0.05, 0.1) is 11.8 Å². The van der Waals surface area contributed by atoms with E-state index in [1.54, 1.807) is 11.3 Å². The van der Waals surface area contributed by atoms with Crippen molar-refractivity contribution in [3.63, 3.8) is 0 Å². The molecule has 1 unspecified atom stereocenters. The maximum atomic E-state index is 12.7. The van der Waals surface area contributed by atoms with Gasteiger partial charge in [-0.3, -0.25) is 4.79 Å².